The third kappa shape index (κ3) is 3.34. The quantitative estimate of drug-likeness (QED) is 0.649. The van der Waals surface area contributed by atoms with E-state index < -0.39 is 0 Å². The van der Waals surface area contributed by atoms with Gasteiger partial charge in [0.15, 0.2) is 0 Å². The lowest BCUT2D eigenvalue weighted by molar-refractivity contribution is 0.459. The Bertz CT molecular complexity index is 536. The molecular weight excluding hydrogens is 239 g/mol. The topological polar surface area (TPSA) is 70.5 Å². The van der Waals surface area contributed by atoms with E-state index in [9.17, 15) is 0 Å². The monoisotopic (exact) mass is 256 g/mol. The van der Waals surface area contributed by atoms with Crippen LogP contribution in [0.25, 0.3) is 0 Å². The van der Waals surface area contributed by atoms with Gasteiger partial charge in [-0.15, -0.1) is 0 Å². The average molecular weight is 256 g/mol. The predicted molar refractivity (Wildman–Crippen MR) is 79.6 cm³/mol. The average Bonchev–Trinajstić information content (AvgIpc) is 2.38. The fraction of sp³-hybridized carbons (Fsp3) is 0.143. The highest BCUT2D eigenvalue weighted by Crippen LogP contribution is 2.20. The van der Waals surface area contributed by atoms with Gasteiger partial charge in [-0.1, -0.05) is 12.1 Å². The van der Waals surface area contributed by atoms with E-state index in [0.717, 1.165) is 11.1 Å². The molecule has 0 fully saturated rings. The van der Waals surface area contributed by atoms with Gasteiger partial charge in [-0.25, -0.2) is 0 Å². The lowest BCUT2D eigenvalue weighted by Crippen LogP contribution is -2.11. The van der Waals surface area contributed by atoms with Gasteiger partial charge < -0.3 is 20.8 Å². The summed E-state index contributed by atoms with van der Waals surface area (Å²) in [5.74, 6) is 1.37. The van der Waals surface area contributed by atoms with Crippen LogP contribution in [-0.4, -0.2) is 7.69 Å². The van der Waals surface area contributed by atoms with Crippen LogP contribution in [0, 0.1) is 13.8 Å². The molecule has 0 spiro atoms. The van der Waals surface area contributed by atoms with Crippen molar-refractivity contribution in [2.45, 2.75) is 13.8 Å². The molecule has 0 radical (unpaired) electrons. The third-order valence-corrected chi connectivity index (χ3v) is 2.95. The maximum absolute atomic E-state index is 5.80. The molecular formula is C14H17BN2O2. The predicted octanol–water partition coefficient (Wildman–Crippen LogP) is 2.19. The molecule has 0 aromatic heterocycles. The zero-order chi connectivity index (χ0) is 13.8. The molecule has 4 N–H and O–H groups in total. The van der Waals surface area contributed by atoms with E-state index in [-0.39, 0.29) is 7.69 Å². The molecule has 2 aromatic rings. The van der Waals surface area contributed by atoms with E-state index in [4.69, 9.17) is 20.8 Å². The minimum Gasteiger partial charge on any atom is -0.528 e. The van der Waals surface area contributed by atoms with E-state index >= 15 is 0 Å². The summed E-state index contributed by atoms with van der Waals surface area (Å²) in [5, 5.41) is 0. The number of benzene rings is 2. The molecule has 0 saturated heterocycles. The maximum atomic E-state index is 5.80. The minimum absolute atomic E-state index is 0.116. The summed E-state index contributed by atoms with van der Waals surface area (Å²) < 4.78 is 10.9. The van der Waals surface area contributed by atoms with Crippen molar-refractivity contribution in [1.29, 1.82) is 0 Å². The SMILES string of the molecule is Cc1ccc(OBOc2ccc(C)c(N)c2)cc1N. The van der Waals surface area contributed by atoms with Gasteiger partial charge in [0.05, 0.1) is 0 Å². The van der Waals surface area contributed by atoms with Crippen molar-refractivity contribution in [2.75, 3.05) is 11.5 Å². The minimum atomic E-state index is 0.116. The van der Waals surface area contributed by atoms with Crippen LogP contribution >= 0.6 is 0 Å². The number of hydrogen-bond donors (Lipinski definition) is 2. The fourth-order valence-corrected chi connectivity index (χ4v) is 1.58. The van der Waals surface area contributed by atoms with Crippen LogP contribution in [0.1, 0.15) is 11.1 Å². The highest BCUT2D eigenvalue weighted by atomic mass is 16.6. The summed E-state index contributed by atoms with van der Waals surface area (Å²) in [6.45, 7) is 3.90. The summed E-state index contributed by atoms with van der Waals surface area (Å²) in [6.07, 6.45) is 0. The molecule has 2 aromatic carbocycles. The van der Waals surface area contributed by atoms with Crippen molar-refractivity contribution < 1.29 is 9.31 Å². The molecule has 0 aliphatic rings. The molecule has 0 aliphatic carbocycles. The van der Waals surface area contributed by atoms with Crippen molar-refractivity contribution in [3.63, 3.8) is 0 Å². The number of nitrogens with two attached hydrogens (primary N) is 2. The van der Waals surface area contributed by atoms with Crippen LogP contribution in [0.5, 0.6) is 11.5 Å². The van der Waals surface area contributed by atoms with Gasteiger partial charge in [-0.3, -0.25) is 0 Å². The first-order valence-corrected chi connectivity index (χ1v) is 6.04. The molecule has 98 valence electrons. The van der Waals surface area contributed by atoms with Crippen molar-refractivity contribution in [2.24, 2.45) is 0 Å². The Kier molecular flexibility index (Phi) is 3.85. The first-order valence-electron chi connectivity index (χ1n) is 6.04. The Hall–Kier alpha value is -2.30. The zero-order valence-electron chi connectivity index (χ0n) is 11.1. The number of rotatable bonds is 4. The molecule has 5 heteroatoms. The zero-order valence-corrected chi connectivity index (χ0v) is 11.1. The van der Waals surface area contributed by atoms with Crippen LogP contribution < -0.4 is 20.8 Å². The molecule has 0 saturated carbocycles. The fourth-order valence-electron chi connectivity index (χ4n) is 1.58. The first kappa shape index (κ1) is 13.1. The number of anilines is 2. The van der Waals surface area contributed by atoms with Crippen LogP contribution in [0.4, 0.5) is 11.4 Å². The van der Waals surface area contributed by atoms with Crippen LogP contribution in [0.3, 0.4) is 0 Å². The molecule has 0 heterocycles. The molecule has 0 unspecified atom stereocenters. The highest BCUT2D eigenvalue weighted by molar-refractivity contribution is 6.20. The normalized spacial score (nSPS) is 10.0. The van der Waals surface area contributed by atoms with Gasteiger partial charge in [-0.2, -0.15) is 0 Å². The second kappa shape index (κ2) is 5.56. The summed E-state index contributed by atoms with van der Waals surface area (Å²) in [5.41, 5.74) is 15.1. The molecule has 0 aliphatic heterocycles. The van der Waals surface area contributed by atoms with Gasteiger partial charge in [-0.05, 0) is 37.1 Å². The molecule has 0 amide bonds. The number of nitrogen functional groups attached to an aromatic ring is 2. The summed E-state index contributed by atoms with van der Waals surface area (Å²) in [4.78, 5) is 0. The van der Waals surface area contributed by atoms with Crippen LogP contribution in [0.2, 0.25) is 0 Å². The lowest BCUT2D eigenvalue weighted by atomic mass is 10.2. The molecule has 0 bridgehead atoms. The Balaban J connectivity index is 1.92. The van der Waals surface area contributed by atoms with Crippen molar-refractivity contribution >= 4 is 19.1 Å². The Morgan fingerprint density at radius 3 is 1.58 bits per heavy atom. The number of aryl methyl sites for hydroxylation is 2. The van der Waals surface area contributed by atoms with Crippen molar-refractivity contribution in [1.82, 2.24) is 0 Å². The van der Waals surface area contributed by atoms with E-state index in [1.54, 1.807) is 12.1 Å². The summed E-state index contributed by atoms with van der Waals surface area (Å²) in [7, 11) is 0.116. The van der Waals surface area contributed by atoms with E-state index in [1.807, 2.05) is 38.1 Å². The van der Waals surface area contributed by atoms with Crippen molar-refractivity contribution in [3.8, 4) is 11.5 Å². The Labute approximate surface area is 113 Å². The molecule has 2 rings (SSSR count). The van der Waals surface area contributed by atoms with E-state index in [1.165, 1.54) is 0 Å². The Morgan fingerprint density at radius 1 is 0.789 bits per heavy atom. The highest BCUT2D eigenvalue weighted by Gasteiger charge is 2.02. The molecule has 4 nitrogen and oxygen atoms in total. The second-order valence-electron chi connectivity index (χ2n) is 4.44. The van der Waals surface area contributed by atoms with E-state index in [2.05, 4.69) is 0 Å². The standard InChI is InChI=1S/C14H17BN2O2/c1-9-3-5-11(7-13(9)16)18-15-19-12-6-4-10(2)14(17)8-12/h3-8,15H,16-17H2,1-2H3. The van der Waals surface area contributed by atoms with Crippen molar-refractivity contribution in [3.05, 3.63) is 47.5 Å². The van der Waals surface area contributed by atoms with Gasteiger partial charge in [0.1, 0.15) is 11.5 Å². The largest absolute Gasteiger partial charge is 0.576 e. The first-order chi connectivity index (χ1) is 9.06. The van der Waals surface area contributed by atoms with Gasteiger partial charge >= 0.3 is 7.69 Å². The van der Waals surface area contributed by atoms with Gasteiger partial charge in [0.25, 0.3) is 0 Å². The smallest absolute Gasteiger partial charge is 0.528 e. The lowest BCUT2D eigenvalue weighted by Gasteiger charge is -2.10. The maximum Gasteiger partial charge on any atom is 0.576 e. The number of hydrogen-bond acceptors (Lipinski definition) is 4. The van der Waals surface area contributed by atoms with Gasteiger partial charge in [0.2, 0.25) is 0 Å². The molecule has 0 atom stereocenters. The van der Waals surface area contributed by atoms with E-state index in [0.29, 0.717) is 22.9 Å². The Morgan fingerprint density at radius 2 is 1.21 bits per heavy atom. The van der Waals surface area contributed by atoms with Crippen LogP contribution in [-0.2, 0) is 0 Å². The summed E-state index contributed by atoms with van der Waals surface area (Å²) in [6, 6.07) is 11.1. The third-order valence-electron chi connectivity index (χ3n) is 2.95. The van der Waals surface area contributed by atoms with Crippen LogP contribution in [0.15, 0.2) is 36.4 Å². The second-order valence-corrected chi connectivity index (χ2v) is 4.44. The summed E-state index contributed by atoms with van der Waals surface area (Å²) >= 11 is 0. The van der Waals surface area contributed by atoms with Gasteiger partial charge in [0, 0.05) is 23.5 Å². The molecule has 19 heavy (non-hydrogen) atoms.